The van der Waals surface area contributed by atoms with Gasteiger partial charge in [-0.2, -0.15) is 21.1 Å². The molecule has 2 aromatic carbocycles. The van der Waals surface area contributed by atoms with Crippen LogP contribution in [0.1, 0.15) is 56.9 Å². The monoisotopic (exact) mass is 668 g/mol. The maximum absolute atomic E-state index is 13.8. The molecule has 0 bridgehead atoms. The van der Waals surface area contributed by atoms with Crippen LogP contribution >= 0.6 is 0 Å². The van der Waals surface area contributed by atoms with Crippen molar-refractivity contribution >= 4 is 47.6 Å². The third kappa shape index (κ3) is 7.10. The predicted molar refractivity (Wildman–Crippen MR) is 174 cm³/mol. The SMILES string of the molecule is CC[N+]1=c2cc3c(cc2C(CS(=O)(=O)N(CCS(=O)(=O)O)CCS(=O)(=O)O)=CC1(C)C)=Cc1ccc(N(C)C)cc1C3(C)C. The molecule has 0 saturated heterocycles. The fourth-order valence-corrected chi connectivity index (χ4v) is 8.94. The molecule has 4 rings (SSSR count). The Morgan fingerprint density at radius 1 is 0.841 bits per heavy atom. The normalized spacial score (nSPS) is 17.3. The van der Waals surface area contributed by atoms with E-state index in [1.54, 1.807) is 0 Å². The number of nitrogens with zero attached hydrogens (tertiary/aromatic N) is 3. The quantitative estimate of drug-likeness (QED) is 0.267. The zero-order valence-corrected chi connectivity index (χ0v) is 28.6. The highest BCUT2D eigenvalue weighted by molar-refractivity contribution is 7.89. The molecule has 1 aliphatic heterocycles. The summed E-state index contributed by atoms with van der Waals surface area (Å²) >= 11 is 0. The fourth-order valence-electron chi connectivity index (χ4n) is 6.25. The molecule has 0 atom stereocenters. The minimum atomic E-state index is -4.54. The zero-order valence-electron chi connectivity index (χ0n) is 26.2. The van der Waals surface area contributed by atoms with Crippen molar-refractivity contribution in [3.63, 3.8) is 0 Å². The van der Waals surface area contributed by atoms with Crippen molar-refractivity contribution in [3.05, 3.63) is 69.2 Å². The minimum Gasteiger partial charge on any atom is -0.378 e. The third-order valence-corrected chi connectivity index (χ3v) is 11.7. The van der Waals surface area contributed by atoms with Gasteiger partial charge in [-0.1, -0.05) is 19.9 Å². The van der Waals surface area contributed by atoms with Gasteiger partial charge in [0.05, 0.1) is 22.8 Å². The van der Waals surface area contributed by atoms with Crippen LogP contribution in [0.15, 0.2) is 36.4 Å². The highest BCUT2D eigenvalue weighted by Gasteiger charge is 2.38. The van der Waals surface area contributed by atoms with Crippen LogP contribution in [0.5, 0.6) is 0 Å². The molecule has 0 unspecified atom stereocenters. The average molecular weight is 669 g/mol. The zero-order chi connectivity index (χ0) is 33.0. The van der Waals surface area contributed by atoms with Gasteiger partial charge in [-0.3, -0.25) is 9.11 Å². The standard InChI is InChI=1S/C30H41N3O8S3/c1-8-33-28-18-27-22(15-21-9-10-24(31(6)7)17-26(21)30(27,4)5)16-25(28)23(19-29(33,2)3)20-42(34,35)32(11-13-43(36,37)38)12-14-44(39,40)41/h9-10,15-19H,8,11-14,20H2,1-7H3,(H-,36,37,38,39,40,41)/p+1. The maximum Gasteiger partial charge on any atom is 0.266 e. The Labute approximate surface area is 260 Å². The molecule has 11 nitrogen and oxygen atoms in total. The van der Waals surface area contributed by atoms with Gasteiger partial charge >= 0.3 is 0 Å². The van der Waals surface area contributed by atoms with Crippen LogP contribution in [-0.2, 0) is 35.7 Å². The van der Waals surface area contributed by atoms with E-state index in [4.69, 9.17) is 0 Å². The van der Waals surface area contributed by atoms with E-state index in [-0.39, 0.29) is 5.41 Å². The van der Waals surface area contributed by atoms with Gasteiger partial charge in [-0.05, 0) is 64.8 Å². The van der Waals surface area contributed by atoms with E-state index in [2.05, 4.69) is 53.7 Å². The first kappa shape index (κ1) is 34.3. The highest BCUT2D eigenvalue weighted by Crippen LogP contribution is 2.37. The van der Waals surface area contributed by atoms with Gasteiger partial charge in [0.1, 0.15) is 6.54 Å². The van der Waals surface area contributed by atoms with Crippen LogP contribution < -0.4 is 20.1 Å². The summed E-state index contributed by atoms with van der Waals surface area (Å²) in [5.74, 6) is -2.38. The number of hydrogen-bond acceptors (Lipinski definition) is 7. The van der Waals surface area contributed by atoms with Gasteiger partial charge in [-0.15, -0.1) is 0 Å². The molecule has 0 aromatic heterocycles. The molecular weight excluding hydrogens is 627 g/mol. The summed E-state index contributed by atoms with van der Waals surface area (Å²) in [5, 5.41) is 1.81. The van der Waals surface area contributed by atoms with Crippen LogP contribution in [0.3, 0.4) is 0 Å². The number of likely N-dealkylation sites (N-methyl/N-ethyl adjacent to an activating group) is 1. The second kappa shape index (κ2) is 11.6. The summed E-state index contributed by atoms with van der Waals surface area (Å²) in [7, 11) is -9.39. The summed E-state index contributed by atoms with van der Waals surface area (Å²) in [6, 6.07) is 10.5. The number of benzene rings is 2. The first-order valence-electron chi connectivity index (χ1n) is 14.3. The van der Waals surface area contributed by atoms with Gasteiger partial charge in [0.15, 0.2) is 5.54 Å². The largest absolute Gasteiger partial charge is 0.378 e. The Hall–Kier alpha value is -2.62. The lowest BCUT2D eigenvalue weighted by Gasteiger charge is -2.34. The predicted octanol–water partition coefficient (Wildman–Crippen LogP) is 1.31. The van der Waals surface area contributed by atoms with E-state index in [9.17, 15) is 34.4 Å². The lowest BCUT2D eigenvalue weighted by Crippen LogP contribution is -2.51. The Bertz CT molecular complexity index is 1940. The number of anilines is 1. The molecule has 1 aliphatic carbocycles. The van der Waals surface area contributed by atoms with Gasteiger partial charge in [0, 0.05) is 58.2 Å². The number of hydrogen-bond donors (Lipinski definition) is 2. The second-order valence-corrected chi connectivity index (χ2v) is 17.8. The van der Waals surface area contributed by atoms with Crippen molar-refractivity contribution in [2.24, 2.45) is 0 Å². The van der Waals surface area contributed by atoms with Crippen LogP contribution in [0.25, 0.3) is 11.6 Å². The summed E-state index contributed by atoms with van der Waals surface area (Å²) < 4.78 is 94.7. The first-order chi connectivity index (χ1) is 20.1. The smallest absolute Gasteiger partial charge is 0.266 e. The van der Waals surface area contributed by atoms with E-state index in [0.29, 0.717) is 22.0 Å². The van der Waals surface area contributed by atoms with E-state index >= 15 is 0 Å². The summed E-state index contributed by atoms with van der Waals surface area (Å²) in [6.07, 6.45) is 3.97. The fraction of sp³-hybridized carbons (Fsp3) is 0.500. The van der Waals surface area contributed by atoms with Crippen LogP contribution in [-0.4, -0.2) is 95.2 Å². The lowest BCUT2D eigenvalue weighted by atomic mass is 9.71. The molecule has 1 heterocycles. The molecule has 14 heteroatoms. The topological polar surface area (TPSA) is 152 Å². The molecule has 2 aliphatic rings. The van der Waals surface area contributed by atoms with Gasteiger partial charge < -0.3 is 4.90 Å². The number of fused-ring (bicyclic) bond motifs is 3. The Morgan fingerprint density at radius 3 is 1.95 bits per heavy atom. The molecule has 2 aromatic rings. The molecule has 0 radical (unpaired) electrons. The van der Waals surface area contributed by atoms with Crippen molar-refractivity contribution in [1.82, 2.24) is 8.88 Å². The third-order valence-electron chi connectivity index (χ3n) is 8.48. The number of sulfonamides is 1. The van der Waals surface area contributed by atoms with E-state index in [1.807, 2.05) is 47.0 Å². The molecular formula is C30H42N3O8S3+. The van der Waals surface area contributed by atoms with Crippen molar-refractivity contribution in [2.45, 2.75) is 45.6 Å². The Balaban J connectivity index is 1.89. The molecule has 242 valence electrons. The van der Waals surface area contributed by atoms with Crippen molar-refractivity contribution < 1.29 is 34.4 Å². The average Bonchev–Trinajstić information content (AvgIpc) is 2.86. The van der Waals surface area contributed by atoms with Crippen molar-refractivity contribution in [1.29, 1.82) is 0 Å². The van der Waals surface area contributed by atoms with Gasteiger partial charge in [0.25, 0.3) is 20.2 Å². The molecule has 0 amide bonds. The van der Waals surface area contributed by atoms with E-state index in [1.165, 1.54) is 5.56 Å². The maximum atomic E-state index is 13.8. The molecule has 2 N–H and O–H groups in total. The molecule has 0 saturated carbocycles. The Morgan fingerprint density at radius 2 is 1.43 bits per heavy atom. The van der Waals surface area contributed by atoms with Crippen LogP contribution in [0.4, 0.5) is 5.69 Å². The Kier molecular flexibility index (Phi) is 9.05. The summed E-state index contributed by atoms with van der Waals surface area (Å²) in [6.45, 7) is 9.66. The lowest BCUT2D eigenvalue weighted by molar-refractivity contribution is 0.401. The second-order valence-electron chi connectivity index (χ2n) is 12.7. The first-order valence-corrected chi connectivity index (χ1v) is 19.1. The molecule has 0 fully saturated rings. The highest BCUT2D eigenvalue weighted by atomic mass is 32.2. The summed E-state index contributed by atoms with van der Waals surface area (Å²) in [5.41, 5.74) is 4.68. The van der Waals surface area contributed by atoms with Gasteiger partial charge in [0.2, 0.25) is 15.4 Å². The van der Waals surface area contributed by atoms with Crippen molar-refractivity contribution in [2.75, 3.05) is 55.9 Å². The van der Waals surface area contributed by atoms with E-state index < -0.39 is 66.1 Å². The molecule has 0 spiro atoms. The van der Waals surface area contributed by atoms with Gasteiger partial charge in [-0.25, -0.2) is 13.0 Å². The molecule has 44 heavy (non-hydrogen) atoms. The van der Waals surface area contributed by atoms with Crippen LogP contribution in [0.2, 0.25) is 0 Å². The minimum absolute atomic E-state index is 0.361. The van der Waals surface area contributed by atoms with E-state index in [0.717, 1.165) is 27.4 Å². The number of rotatable bonds is 11. The van der Waals surface area contributed by atoms with Crippen molar-refractivity contribution in [3.8, 4) is 0 Å². The summed E-state index contributed by atoms with van der Waals surface area (Å²) in [4.78, 5) is 2.06. The van der Waals surface area contributed by atoms with Crippen LogP contribution in [0, 0.1) is 0 Å².